The average molecular weight is 294 g/mol. The molecule has 0 aliphatic rings. The second-order valence-electron chi connectivity index (χ2n) is 3.60. The number of carbonyl (C=O) groups excluding carboxylic acids is 3. The van der Waals surface area contributed by atoms with E-state index in [2.05, 4.69) is 15.4 Å². The Labute approximate surface area is 124 Å². The summed E-state index contributed by atoms with van der Waals surface area (Å²) in [6, 6.07) is 0. The van der Waals surface area contributed by atoms with Crippen LogP contribution >= 0.6 is 0 Å². The molecule has 6 heteroatoms. The second kappa shape index (κ2) is 26.5. The van der Waals surface area contributed by atoms with Gasteiger partial charge in [-0.15, -0.1) is 0 Å². The smallest absolute Gasteiger partial charge is 0.155 e. The van der Waals surface area contributed by atoms with Crippen LogP contribution in [0.2, 0.25) is 0 Å². The fraction of sp³-hybridized carbons (Fsp3) is 0.786. The minimum absolute atomic E-state index is 0. The number of hydrogen-bond donors (Lipinski definition) is 2. The molecule has 0 amide bonds. The zero-order chi connectivity index (χ0) is 15.0. The van der Waals surface area contributed by atoms with Crippen LogP contribution in [0.3, 0.4) is 0 Å². The van der Waals surface area contributed by atoms with Gasteiger partial charge in [-0.2, -0.15) is 0 Å². The Morgan fingerprint density at radius 2 is 1.10 bits per heavy atom. The van der Waals surface area contributed by atoms with Crippen LogP contribution in [0, 0.1) is 0 Å². The van der Waals surface area contributed by atoms with Crippen molar-refractivity contribution in [3.63, 3.8) is 0 Å². The third kappa shape index (κ3) is 68.5. The first-order valence-electron chi connectivity index (χ1n) is 5.58. The molecule has 20 heavy (non-hydrogen) atoms. The van der Waals surface area contributed by atoms with Crippen molar-refractivity contribution < 1.29 is 19.1 Å². The van der Waals surface area contributed by atoms with Crippen LogP contribution in [0.4, 0.5) is 0 Å². The molecule has 0 aromatic heterocycles. The van der Waals surface area contributed by atoms with Crippen molar-refractivity contribution >= 4 is 17.3 Å². The van der Waals surface area contributed by atoms with E-state index < -0.39 is 0 Å². The second-order valence-corrected chi connectivity index (χ2v) is 3.60. The summed E-state index contributed by atoms with van der Waals surface area (Å²) in [5.41, 5.74) is 0. The molecule has 0 aromatic carbocycles. The molecule has 0 aliphatic heterocycles. The highest BCUT2D eigenvalue weighted by Crippen LogP contribution is 1.66. The predicted molar refractivity (Wildman–Crippen MR) is 85.2 cm³/mol. The van der Waals surface area contributed by atoms with Gasteiger partial charge in [-0.25, -0.2) is 0 Å². The minimum atomic E-state index is 0. The Bertz CT molecular complexity index is 193. The molecule has 0 saturated heterocycles. The molecule has 6 nitrogen and oxygen atoms in total. The summed E-state index contributed by atoms with van der Waals surface area (Å²) in [6.45, 7) is 5.80. The molecule has 0 saturated carbocycles. The van der Waals surface area contributed by atoms with E-state index in [0.29, 0.717) is 13.1 Å². The Morgan fingerprint density at radius 1 is 0.800 bits per heavy atom. The van der Waals surface area contributed by atoms with Crippen molar-refractivity contribution in [1.29, 1.82) is 0 Å². The topological polar surface area (TPSA) is 84.5 Å². The maximum Gasteiger partial charge on any atom is 0.155 e. The van der Waals surface area contributed by atoms with Crippen molar-refractivity contribution in [2.75, 3.05) is 40.9 Å². The van der Waals surface area contributed by atoms with Crippen LogP contribution in [-0.4, -0.2) is 58.3 Å². The van der Waals surface area contributed by atoms with Gasteiger partial charge in [-0.1, -0.05) is 14.9 Å². The number of carbonyl (C=O) groups is 3. The number of ether oxygens (including phenoxy) is 1. The Morgan fingerprint density at radius 3 is 1.10 bits per heavy atom. The van der Waals surface area contributed by atoms with E-state index in [1.807, 2.05) is 0 Å². The van der Waals surface area contributed by atoms with Crippen LogP contribution in [0.5, 0.6) is 0 Å². The fourth-order valence-corrected chi connectivity index (χ4v) is 0.701. The Balaban J connectivity index is -0.0000000536. The lowest BCUT2D eigenvalue weighted by Crippen LogP contribution is -2.14. The first-order chi connectivity index (χ1) is 8.31. The molecule has 0 heterocycles. The zero-order valence-electron chi connectivity index (χ0n) is 12.3. The van der Waals surface area contributed by atoms with Gasteiger partial charge in [0.1, 0.15) is 18.2 Å². The normalized spacial score (nSPS) is 7.50. The van der Waals surface area contributed by atoms with E-state index >= 15 is 0 Å². The molecular weight excluding hydrogens is 260 g/mol. The number of likely N-dealkylation sites (N-methyl/N-ethyl adjacent to an activating group) is 2. The van der Waals surface area contributed by atoms with Gasteiger partial charge < -0.3 is 15.4 Å². The van der Waals surface area contributed by atoms with Gasteiger partial charge in [-0.05, 0) is 34.9 Å². The monoisotopic (exact) mass is 294 g/mol. The molecule has 0 fully saturated rings. The first-order valence-corrected chi connectivity index (χ1v) is 5.58. The summed E-state index contributed by atoms with van der Waals surface area (Å²) >= 11 is 0. The highest BCUT2D eigenvalue weighted by atomic mass is 16.5. The lowest BCUT2D eigenvalue weighted by atomic mass is 10.5. The summed E-state index contributed by atoms with van der Waals surface area (Å²) in [5, 5.41) is 5.44. The summed E-state index contributed by atoms with van der Waals surface area (Å²) in [7, 11) is 5.00. The van der Waals surface area contributed by atoms with E-state index in [1.54, 1.807) is 27.9 Å². The molecule has 2 N–H and O–H groups in total. The molecule has 0 spiro atoms. The SMILES string of the molecule is C.C.CNCC(C)=O.CNCC(C)=O.COCC(C)=O. The van der Waals surface area contributed by atoms with Gasteiger partial charge in [0.2, 0.25) is 0 Å². The number of hydrogen-bond acceptors (Lipinski definition) is 6. The largest absolute Gasteiger partial charge is 0.377 e. The molecule has 0 aliphatic carbocycles. The molecule has 0 atom stereocenters. The maximum absolute atomic E-state index is 9.98. The lowest BCUT2D eigenvalue weighted by molar-refractivity contribution is -0.120. The van der Waals surface area contributed by atoms with Crippen LogP contribution in [0.1, 0.15) is 35.6 Å². The van der Waals surface area contributed by atoms with Gasteiger partial charge in [0, 0.05) is 7.11 Å². The maximum atomic E-state index is 9.98. The van der Waals surface area contributed by atoms with Crippen LogP contribution < -0.4 is 10.6 Å². The number of Topliss-reactive ketones (excluding diaryl/α,β-unsaturated/α-hetero) is 3. The zero-order valence-corrected chi connectivity index (χ0v) is 12.3. The predicted octanol–water partition coefficient (Wildman–Crippen LogP) is 1.08. The van der Waals surface area contributed by atoms with E-state index in [4.69, 9.17) is 0 Å². The van der Waals surface area contributed by atoms with E-state index in [1.165, 1.54) is 14.0 Å². The van der Waals surface area contributed by atoms with Crippen molar-refractivity contribution in [2.45, 2.75) is 35.6 Å². The Kier molecular flexibility index (Phi) is 41.4. The van der Waals surface area contributed by atoms with Crippen molar-refractivity contribution in [1.82, 2.24) is 10.6 Å². The molecule has 124 valence electrons. The van der Waals surface area contributed by atoms with Crippen molar-refractivity contribution in [3.05, 3.63) is 0 Å². The molecule has 0 bridgehead atoms. The summed E-state index contributed by atoms with van der Waals surface area (Å²) in [6.07, 6.45) is 0. The van der Waals surface area contributed by atoms with Gasteiger partial charge in [0.25, 0.3) is 0 Å². The van der Waals surface area contributed by atoms with Gasteiger partial charge >= 0.3 is 0 Å². The Hall–Kier alpha value is -1.11. The molecule has 0 rings (SSSR count). The molecule has 0 radical (unpaired) electrons. The molecule has 0 unspecified atom stereocenters. The number of nitrogens with one attached hydrogen (secondary N) is 2. The quantitative estimate of drug-likeness (QED) is 0.762. The minimum Gasteiger partial charge on any atom is -0.377 e. The van der Waals surface area contributed by atoms with Crippen molar-refractivity contribution in [2.24, 2.45) is 0 Å². The molecule has 0 aromatic rings. The van der Waals surface area contributed by atoms with Crippen molar-refractivity contribution in [3.8, 4) is 0 Å². The average Bonchev–Trinajstić information content (AvgIpc) is 2.18. The van der Waals surface area contributed by atoms with Gasteiger partial charge in [0.05, 0.1) is 13.1 Å². The fourth-order valence-electron chi connectivity index (χ4n) is 0.701. The summed E-state index contributed by atoms with van der Waals surface area (Å²) in [5.74, 6) is 0.424. The van der Waals surface area contributed by atoms with Crippen LogP contribution in [-0.2, 0) is 19.1 Å². The number of ketones is 3. The van der Waals surface area contributed by atoms with E-state index in [9.17, 15) is 14.4 Å². The third-order valence-corrected chi connectivity index (χ3v) is 1.20. The van der Waals surface area contributed by atoms with Crippen LogP contribution in [0.15, 0.2) is 0 Å². The van der Waals surface area contributed by atoms with Crippen LogP contribution in [0.25, 0.3) is 0 Å². The van der Waals surface area contributed by atoms with Gasteiger partial charge in [-0.3, -0.25) is 14.4 Å². The van der Waals surface area contributed by atoms with E-state index in [0.717, 1.165) is 0 Å². The summed E-state index contributed by atoms with van der Waals surface area (Å²) < 4.78 is 4.45. The number of methoxy groups -OCH3 is 1. The highest BCUT2D eigenvalue weighted by Gasteiger charge is 1.84. The first kappa shape index (κ1) is 31.3. The third-order valence-electron chi connectivity index (χ3n) is 1.20. The highest BCUT2D eigenvalue weighted by molar-refractivity contribution is 5.77. The lowest BCUT2D eigenvalue weighted by Gasteiger charge is -1.85. The summed E-state index contributed by atoms with van der Waals surface area (Å²) in [4.78, 5) is 29.9. The number of rotatable bonds is 6. The van der Waals surface area contributed by atoms with Gasteiger partial charge in [0.15, 0.2) is 5.78 Å². The molecular formula is C14H34N2O4. The standard InChI is InChI=1S/2C4H9NO.C4H8O2.2CH4/c2*1-4(6)3-5-2;1-4(5)3-6-2;;/h2*5H,3H2,1-2H3;3H2,1-2H3;2*1H4. The van der Waals surface area contributed by atoms with E-state index in [-0.39, 0.29) is 38.8 Å².